The number of nitrogens with zero attached hydrogens (tertiary/aromatic N) is 2. The van der Waals surface area contributed by atoms with Crippen LogP contribution in [0, 0.1) is 5.82 Å². The fourth-order valence-corrected chi connectivity index (χ4v) is 1.10. The molecular weight excluding hydrogens is 234 g/mol. The Kier molecular flexibility index (Phi) is 2.78. The standard InChI is InChI=1S/C6H5BrClFN2/c1-3(7)5-4(9)2-10-6(8)11-5/h2-3H,1H3. The van der Waals surface area contributed by atoms with Crippen molar-refractivity contribution < 1.29 is 4.39 Å². The number of alkyl halides is 1. The lowest BCUT2D eigenvalue weighted by Gasteiger charge is -2.02. The van der Waals surface area contributed by atoms with Gasteiger partial charge in [0.15, 0.2) is 5.82 Å². The molecule has 0 amide bonds. The van der Waals surface area contributed by atoms with Gasteiger partial charge in [-0.3, -0.25) is 0 Å². The molecule has 1 aromatic heterocycles. The van der Waals surface area contributed by atoms with Crippen LogP contribution in [0.1, 0.15) is 17.4 Å². The average molecular weight is 239 g/mol. The molecule has 1 heterocycles. The molecule has 0 N–H and O–H groups in total. The monoisotopic (exact) mass is 238 g/mol. The summed E-state index contributed by atoms with van der Waals surface area (Å²) >= 11 is 8.63. The first-order chi connectivity index (χ1) is 5.11. The summed E-state index contributed by atoms with van der Waals surface area (Å²) in [6.45, 7) is 1.77. The largest absolute Gasteiger partial charge is 0.223 e. The van der Waals surface area contributed by atoms with Crippen molar-refractivity contribution >= 4 is 27.5 Å². The second kappa shape index (κ2) is 3.45. The van der Waals surface area contributed by atoms with Gasteiger partial charge in [0.05, 0.1) is 16.7 Å². The van der Waals surface area contributed by atoms with Crippen molar-refractivity contribution in [2.45, 2.75) is 11.8 Å². The second-order valence-electron chi connectivity index (χ2n) is 1.99. The van der Waals surface area contributed by atoms with Crippen LogP contribution in [0.15, 0.2) is 6.20 Å². The molecule has 0 fully saturated rings. The van der Waals surface area contributed by atoms with Crippen molar-refractivity contribution in [3.63, 3.8) is 0 Å². The van der Waals surface area contributed by atoms with Gasteiger partial charge in [0.2, 0.25) is 5.28 Å². The minimum atomic E-state index is -0.446. The number of hydrogen-bond acceptors (Lipinski definition) is 2. The van der Waals surface area contributed by atoms with E-state index in [2.05, 4.69) is 25.9 Å². The Hall–Kier alpha value is -0.220. The average Bonchev–Trinajstić information content (AvgIpc) is 1.94. The third kappa shape index (κ3) is 2.10. The first kappa shape index (κ1) is 8.87. The summed E-state index contributed by atoms with van der Waals surface area (Å²) in [6, 6.07) is 0. The zero-order valence-corrected chi connectivity index (χ0v) is 8.02. The summed E-state index contributed by atoms with van der Waals surface area (Å²) in [6.07, 6.45) is 1.06. The smallest absolute Gasteiger partial charge is 0.222 e. The van der Waals surface area contributed by atoms with Crippen molar-refractivity contribution in [1.29, 1.82) is 0 Å². The fourth-order valence-electron chi connectivity index (χ4n) is 0.637. The van der Waals surface area contributed by atoms with Gasteiger partial charge in [-0.05, 0) is 18.5 Å². The second-order valence-corrected chi connectivity index (χ2v) is 3.70. The van der Waals surface area contributed by atoms with Crippen molar-refractivity contribution in [1.82, 2.24) is 9.97 Å². The molecule has 60 valence electrons. The Labute approximate surface area is 76.9 Å². The maximum Gasteiger partial charge on any atom is 0.222 e. The van der Waals surface area contributed by atoms with E-state index in [1.165, 1.54) is 0 Å². The molecule has 1 atom stereocenters. The minimum absolute atomic E-state index is 0.0627. The molecule has 0 aliphatic heterocycles. The fraction of sp³-hybridized carbons (Fsp3) is 0.333. The van der Waals surface area contributed by atoms with Crippen LogP contribution >= 0.6 is 27.5 Å². The van der Waals surface area contributed by atoms with Crippen LogP contribution in [0.4, 0.5) is 4.39 Å². The third-order valence-electron chi connectivity index (χ3n) is 1.12. The van der Waals surface area contributed by atoms with E-state index in [4.69, 9.17) is 11.6 Å². The van der Waals surface area contributed by atoms with Gasteiger partial charge in [0.25, 0.3) is 0 Å². The molecular formula is C6H5BrClFN2. The molecule has 2 nitrogen and oxygen atoms in total. The lowest BCUT2D eigenvalue weighted by Crippen LogP contribution is -1.97. The Morgan fingerprint density at radius 3 is 2.82 bits per heavy atom. The summed E-state index contributed by atoms with van der Waals surface area (Å²) in [5.41, 5.74) is 0.282. The zero-order valence-electron chi connectivity index (χ0n) is 5.68. The van der Waals surface area contributed by atoms with E-state index in [-0.39, 0.29) is 15.8 Å². The Morgan fingerprint density at radius 1 is 1.73 bits per heavy atom. The van der Waals surface area contributed by atoms with Crippen LogP contribution in [-0.4, -0.2) is 9.97 Å². The molecule has 0 radical (unpaired) electrons. The van der Waals surface area contributed by atoms with E-state index >= 15 is 0 Å². The van der Waals surface area contributed by atoms with Gasteiger partial charge < -0.3 is 0 Å². The number of hydrogen-bond donors (Lipinski definition) is 0. The lowest BCUT2D eigenvalue weighted by molar-refractivity contribution is 0.593. The quantitative estimate of drug-likeness (QED) is 0.556. The molecule has 1 unspecified atom stereocenters. The molecule has 0 spiro atoms. The third-order valence-corrected chi connectivity index (χ3v) is 1.73. The first-order valence-corrected chi connectivity index (χ1v) is 4.22. The van der Waals surface area contributed by atoms with Gasteiger partial charge in [0.1, 0.15) is 0 Å². The molecule has 0 aromatic carbocycles. The van der Waals surface area contributed by atoms with Crippen LogP contribution in [0.2, 0.25) is 5.28 Å². The van der Waals surface area contributed by atoms with Crippen LogP contribution in [-0.2, 0) is 0 Å². The van der Waals surface area contributed by atoms with Gasteiger partial charge in [0, 0.05) is 0 Å². The van der Waals surface area contributed by atoms with Gasteiger partial charge in [-0.15, -0.1) is 0 Å². The predicted octanol–water partition coefficient (Wildman–Crippen LogP) is 2.73. The summed E-state index contributed by atoms with van der Waals surface area (Å²) in [4.78, 5) is 7.03. The molecule has 0 bridgehead atoms. The van der Waals surface area contributed by atoms with Gasteiger partial charge >= 0.3 is 0 Å². The summed E-state index contributed by atoms with van der Waals surface area (Å²) in [5, 5.41) is 0.0627. The maximum absolute atomic E-state index is 12.8. The molecule has 5 heteroatoms. The van der Waals surface area contributed by atoms with E-state index in [9.17, 15) is 4.39 Å². The molecule has 11 heavy (non-hydrogen) atoms. The minimum Gasteiger partial charge on any atom is -0.223 e. The van der Waals surface area contributed by atoms with E-state index in [0.29, 0.717) is 0 Å². The highest BCUT2D eigenvalue weighted by atomic mass is 79.9. The summed E-state index contributed by atoms with van der Waals surface area (Å²) in [7, 11) is 0. The van der Waals surface area contributed by atoms with E-state index in [1.807, 2.05) is 0 Å². The number of halogens is 3. The summed E-state index contributed by atoms with van der Waals surface area (Å²) in [5.74, 6) is -0.446. The van der Waals surface area contributed by atoms with Crippen molar-refractivity contribution in [2.24, 2.45) is 0 Å². The van der Waals surface area contributed by atoms with E-state index in [0.717, 1.165) is 6.20 Å². The van der Waals surface area contributed by atoms with Gasteiger partial charge in [-0.1, -0.05) is 15.9 Å². The highest BCUT2D eigenvalue weighted by Crippen LogP contribution is 2.22. The van der Waals surface area contributed by atoms with Gasteiger partial charge in [-0.2, -0.15) is 0 Å². The van der Waals surface area contributed by atoms with E-state index in [1.54, 1.807) is 6.92 Å². The van der Waals surface area contributed by atoms with Crippen LogP contribution in [0.5, 0.6) is 0 Å². The lowest BCUT2D eigenvalue weighted by atomic mass is 10.3. The number of aromatic nitrogens is 2. The highest BCUT2D eigenvalue weighted by molar-refractivity contribution is 9.09. The summed E-state index contributed by atoms with van der Waals surface area (Å²) < 4.78 is 12.8. The molecule has 0 aliphatic rings. The first-order valence-electron chi connectivity index (χ1n) is 2.93. The topological polar surface area (TPSA) is 25.8 Å². The van der Waals surface area contributed by atoms with Crippen LogP contribution < -0.4 is 0 Å². The SMILES string of the molecule is CC(Br)c1nc(Cl)ncc1F. The molecule has 0 saturated heterocycles. The van der Waals surface area contributed by atoms with Crippen molar-refractivity contribution in [3.8, 4) is 0 Å². The number of rotatable bonds is 1. The maximum atomic E-state index is 12.8. The Balaban J connectivity index is 3.13. The molecule has 1 aromatic rings. The van der Waals surface area contributed by atoms with Gasteiger partial charge in [-0.25, -0.2) is 14.4 Å². The highest BCUT2D eigenvalue weighted by Gasteiger charge is 2.10. The van der Waals surface area contributed by atoms with E-state index < -0.39 is 5.82 Å². The van der Waals surface area contributed by atoms with Crippen LogP contribution in [0.25, 0.3) is 0 Å². The molecule has 0 aliphatic carbocycles. The van der Waals surface area contributed by atoms with Crippen molar-refractivity contribution in [2.75, 3.05) is 0 Å². The predicted molar refractivity (Wildman–Crippen MR) is 44.3 cm³/mol. The molecule has 0 saturated carbocycles. The van der Waals surface area contributed by atoms with Crippen molar-refractivity contribution in [3.05, 3.63) is 23.0 Å². The Morgan fingerprint density at radius 2 is 2.36 bits per heavy atom. The molecule has 1 rings (SSSR count). The van der Waals surface area contributed by atoms with Crippen LogP contribution in [0.3, 0.4) is 0 Å². The Bertz CT molecular complexity index is 267. The normalized spacial score (nSPS) is 13.1. The zero-order chi connectivity index (χ0) is 8.43.